The van der Waals surface area contributed by atoms with Crippen LogP contribution in [0, 0.1) is 5.92 Å². The van der Waals surface area contributed by atoms with Gasteiger partial charge in [0.25, 0.3) is 5.91 Å². The summed E-state index contributed by atoms with van der Waals surface area (Å²) < 4.78 is 5.76. The summed E-state index contributed by atoms with van der Waals surface area (Å²) in [5, 5.41) is 3.10. The summed E-state index contributed by atoms with van der Waals surface area (Å²) >= 11 is 0. The lowest BCUT2D eigenvalue weighted by Gasteiger charge is -2.33. The van der Waals surface area contributed by atoms with Gasteiger partial charge in [-0.15, -0.1) is 0 Å². The van der Waals surface area contributed by atoms with Crippen molar-refractivity contribution >= 4 is 11.8 Å². The van der Waals surface area contributed by atoms with Crippen LogP contribution in [0.4, 0.5) is 0 Å². The van der Waals surface area contributed by atoms with Gasteiger partial charge in [0.2, 0.25) is 5.91 Å². The first kappa shape index (κ1) is 15.3. The summed E-state index contributed by atoms with van der Waals surface area (Å²) in [7, 11) is 0. The zero-order chi connectivity index (χ0) is 14.6. The van der Waals surface area contributed by atoms with Crippen molar-refractivity contribution in [3.8, 4) is 0 Å². The lowest BCUT2D eigenvalue weighted by molar-refractivity contribution is -0.147. The molecule has 0 aliphatic heterocycles. The minimum Gasteiger partial charge on any atom is -0.369 e. The lowest BCUT2D eigenvalue weighted by Crippen LogP contribution is -2.51. The molecule has 0 heterocycles. The summed E-state index contributed by atoms with van der Waals surface area (Å²) in [5.41, 5.74) is 4.75. The fraction of sp³-hybridized carbons (Fsp3) is 0.867. The normalized spacial score (nSPS) is 29.1. The molecule has 0 aromatic heterocycles. The van der Waals surface area contributed by atoms with Crippen LogP contribution in [0.1, 0.15) is 58.3 Å². The summed E-state index contributed by atoms with van der Waals surface area (Å²) in [6.45, 7) is 2.49. The Morgan fingerprint density at radius 2 is 1.95 bits per heavy atom. The minimum absolute atomic E-state index is 0.00645. The predicted molar refractivity (Wildman–Crippen MR) is 75.9 cm³/mol. The Morgan fingerprint density at radius 3 is 2.55 bits per heavy atom. The molecule has 3 N–H and O–H groups in total. The fourth-order valence-electron chi connectivity index (χ4n) is 3.56. The number of amides is 2. The van der Waals surface area contributed by atoms with Crippen molar-refractivity contribution in [3.05, 3.63) is 0 Å². The van der Waals surface area contributed by atoms with Gasteiger partial charge in [0, 0.05) is 18.6 Å². The van der Waals surface area contributed by atoms with Crippen LogP contribution in [0.3, 0.4) is 0 Å². The van der Waals surface area contributed by atoms with E-state index in [0.29, 0.717) is 13.0 Å². The molecule has 2 aliphatic rings. The van der Waals surface area contributed by atoms with Gasteiger partial charge in [0.1, 0.15) is 5.60 Å². The third kappa shape index (κ3) is 3.32. The van der Waals surface area contributed by atoms with E-state index < -0.39 is 5.60 Å². The van der Waals surface area contributed by atoms with Gasteiger partial charge in [0.15, 0.2) is 0 Å². The van der Waals surface area contributed by atoms with E-state index in [-0.39, 0.29) is 23.8 Å². The molecule has 2 atom stereocenters. The van der Waals surface area contributed by atoms with Crippen molar-refractivity contribution < 1.29 is 14.3 Å². The number of ether oxygens (including phenoxy) is 1. The molecule has 2 amide bonds. The molecule has 5 heteroatoms. The molecule has 2 saturated carbocycles. The van der Waals surface area contributed by atoms with Gasteiger partial charge in [-0.1, -0.05) is 6.42 Å². The van der Waals surface area contributed by atoms with Gasteiger partial charge in [-0.25, -0.2) is 0 Å². The van der Waals surface area contributed by atoms with E-state index in [1.165, 1.54) is 0 Å². The van der Waals surface area contributed by atoms with E-state index >= 15 is 0 Å². The highest BCUT2D eigenvalue weighted by Crippen LogP contribution is 2.34. The highest BCUT2D eigenvalue weighted by atomic mass is 16.5. The summed E-state index contributed by atoms with van der Waals surface area (Å²) in [6.07, 6.45) is 7.08. The van der Waals surface area contributed by atoms with E-state index in [1.54, 1.807) is 0 Å². The van der Waals surface area contributed by atoms with Crippen molar-refractivity contribution in [2.75, 3.05) is 6.61 Å². The third-order valence-electron chi connectivity index (χ3n) is 4.66. The Kier molecular flexibility index (Phi) is 5.02. The van der Waals surface area contributed by atoms with Crippen molar-refractivity contribution in [2.24, 2.45) is 11.7 Å². The van der Waals surface area contributed by atoms with Crippen molar-refractivity contribution in [1.82, 2.24) is 5.32 Å². The number of hydrogen-bond donors (Lipinski definition) is 2. The molecule has 2 rings (SSSR count). The van der Waals surface area contributed by atoms with Crippen LogP contribution < -0.4 is 11.1 Å². The second kappa shape index (κ2) is 6.57. The molecular weight excluding hydrogens is 256 g/mol. The Balaban J connectivity index is 1.94. The average Bonchev–Trinajstić information content (AvgIpc) is 2.89. The molecule has 5 nitrogen and oxygen atoms in total. The molecule has 0 aromatic carbocycles. The number of hydrogen-bond acceptors (Lipinski definition) is 3. The maximum atomic E-state index is 12.5. The second-order valence-corrected chi connectivity index (χ2v) is 6.07. The van der Waals surface area contributed by atoms with E-state index in [9.17, 15) is 9.59 Å². The number of primary amides is 1. The fourth-order valence-corrected chi connectivity index (χ4v) is 3.56. The number of rotatable bonds is 5. The smallest absolute Gasteiger partial charge is 0.252 e. The third-order valence-corrected chi connectivity index (χ3v) is 4.66. The Labute approximate surface area is 120 Å². The second-order valence-electron chi connectivity index (χ2n) is 6.07. The summed E-state index contributed by atoms with van der Waals surface area (Å²) in [6, 6.07) is 0.0617. The standard InChI is InChI=1S/C15H26N2O3/c1-2-20-15(8-3-4-9-15)14(19)17-12-7-5-6-11(10-12)13(16)18/h11-12H,2-10H2,1H3,(H2,16,18)(H,17,19)/t11-,12-/m1/s1. The molecule has 0 spiro atoms. The van der Waals surface area contributed by atoms with Gasteiger partial charge in [-0.05, 0) is 51.9 Å². The maximum absolute atomic E-state index is 12.5. The molecule has 0 bridgehead atoms. The van der Waals surface area contributed by atoms with Crippen LogP contribution in [0.2, 0.25) is 0 Å². The Hall–Kier alpha value is -1.10. The molecule has 2 fully saturated rings. The van der Waals surface area contributed by atoms with E-state index in [0.717, 1.165) is 44.9 Å². The quantitative estimate of drug-likeness (QED) is 0.801. The number of carbonyl (C=O) groups is 2. The molecule has 0 unspecified atom stereocenters. The van der Waals surface area contributed by atoms with Crippen molar-refractivity contribution in [3.63, 3.8) is 0 Å². The first-order valence-electron chi connectivity index (χ1n) is 7.81. The van der Waals surface area contributed by atoms with Gasteiger partial charge in [0.05, 0.1) is 0 Å². The van der Waals surface area contributed by atoms with Gasteiger partial charge >= 0.3 is 0 Å². The molecule has 2 aliphatic carbocycles. The Morgan fingerprint density at radius 1 is 1.25 bits per heavy atom. The molecule has 0 radical (unpaired) electrons. The molecule has 20 heavy (non-hydrogen) atoms. The number of nitrogens with one attached hydrogen (secondary N) is 1. The summed E-state index contributed by atoms with van der Waals surface area (Å²) in [5.74, 6) is -0.336. The van der Waals surface area contributed by atoms with E-state index in [4.69, 9.17) is 10.5 Å². The van der Waals surface area contributed by atoms with Crippen LogP contribution in [-0.4, -0.2) is 30.1 Å². The topological polar surface area (TPSA) is 81.4 Å². The minimum atomic E-state index is -0.631. The predicted octanol–water partition coefficient (Wildman–Crippen LogP) is 1.50. The van der Waals surface area contributed by atoms with Crippen LogP contribution >= 0.6 is 0 Å². The number of nitrogens with two attached hydrogens (primary N) is 1. The monoisotopic (exact) mass is 282 g/mol. The molecular formula is C15H26N2O3. The first-order valence-corrected chi connectivity index (χ1v) is 7.81. The van der Waals surface area contributed by atoms with Crippen molar-refractivity contribution in [1.29, 1.82) is 0 Å². The zero-order valence-corrected chi connectivity index (χ0v) is 12.3. The van der Waals surface area contributed by atoms with Crippen LogP contribution in [0.15, 0.2) is 0 Å². The zero-order valence-electron chi connectivity index (χ0n) is 12.3. The summed E-state index contributed by atoms with van der Waals surface area (Å²) in [4.78, 5) is 23.8. The maximum Gasteiger partial charge on any atom is 0.252 e. The highest BCUT2D eigenvalue weighted by molar-refractivity contribution is 5.86. The first-order chi connectivity index (χ1) is 9.57. The average molecular weight is 282 g/mol. The SMILES string of the molecule is CCOC1(C(=O)N[C@@H]2CCC[C@@H](C(N)=O)C2)CCCC1. The van der Waals surface area contributed by atoms with Gasteiger partial charge in [-0.3, -0.25) is 9.59 Å². The lowest BCUT2D eigenvalue weighted by atomic mass is 9.85. The van der Waals surface area contributed by atoms with Crippen LogP contribution in [0.5, 0.6) is 0 Å². The molecule has 114 valence electrons. The van der Waals surface area contributed by atoms with Gasteiger partial charge < -0.3 is 15.8 Å². The molecule has 0 aromatic rings. The molecule has 0 saturated heterocycles. The van der Waals surface area contributed by atoms with Gasteiger partial charge in [-0.2, -0.15) is 0 Å². The van der Waals surface area contributed by atoms with E-state index in [1.807, 2.05) is 6.92 Å². The largest absolute Gasteiger partial charge is 0.369 e. The van der Waals surface area contributed by atoms with Crippen LogP contribution in [0.25, 0.3) is 0 Å². The Bertz CT molecular complexity index is 364. The highest BCUT2D eigenvalue weighted by Gasteiger charge is 2.43. The van der Waals surface area contributed by atoms with Crippen molar-refractivity contribution in [2.45, 2.75) is 69.9 Å². The van der Waals surface area contributed by atoms with E-state index in [2.05, 4.69) is 5.32 Å². The number of carbonyl (C=O) groups excluding carboxylic acids is 2. The van der Waals surface area contributed by atoms with Crippen LogP contribution in [-0.2, 0) is 14.3 Å².